The maximum absolute atomic E-state index is 11.1. The lowest BCUT2D eigenvalue weighted by molar-refractivity contribution is -0.114. The molecule has 0 spiro atoms. The van der Waals surface area contributed by atoms with Crippen molar-refractivity contribution in [2.24, 2.45) is 4.99 Å². The van der Waals surface area contributed by atoms with Crippen LogP contribution in [0, 0.1) is 0 Å². The van der Waals surface area contributed by atoms with E-state index in [1.165, 1.54) is 16.7 Å². The molecule has 0 unspecified atom stereocenters. The molecular formula is C18H25IN4OS. The molecule has 3 N–H and O–H groups in total. The van der Waals surface area contributed by atoms with Crippen molar-refractivity contribution in [1.29, 1.82) is 0 Å². The van der Waals surface area contributed by atoms with Gasteiger partial charge in [-0.15, -0.1) is 35.3 Å². The van der Waals surface area contributed by atoms with Gasteiger partial charge in [-0.1, -0.05) is 19.1 Å². The molecule has 25 heavy (non-hydrogen) atoms. The van der Waals surface area contributed by atoms with E-state index in [1.54, 1.807) is 7.05 Å². The van der Waals surface area contributed by atoms with Gasteiger partial charge >= 0.3 is 0 Å². The van der Waals surface area contributed by atoms with Crippen LogP contribution in [0.5, 0.6) is 0 Å². The minimum absolute atomic E-state index is 0. The number of nitrogens with zero attached hydrogens (tertiary/aromatic N) is 1. The van der Waals surface area contributed by atoms with Crippen molar-refractivity contribution < 1.29 is 4.79 Å². The SMILES string of the molecule is CCc1ccc(CNC(=NC)NCc2cccc(NC(C)=O)c2)s1.I. The number of aliphatic imine (C=N–C) groups is 1. The molecule has 0 aliphatic carbocycles. The minimum Gasteiger partial charge on any atom is -0.352 e. The summed E-state index contributed by atoms with van der Waals surface area (Å²) in [6.07, 6.45) is 1.07. The van der Waals surface area contributed by atoms with Gasteiger partial charge in [-0.25, -0.2) is 0 Å². The maximum Gasteiger partial charge on any atom is 0.221 e. The van der Waals surface area contributed by atoms with Gasteiger partial charge in [-0.05, 0) is 36.2 Å². The molecule has 0 aliphatic heterocycles. The molecule has 1 heterocycles. The Morgan fingerprint density at radius 2 is 1.84 bits per heavy atom. The largest absolute Gasteiger partial charge is 0.352 e. The third-order valence-electron chi connectivity index (χ3n) is 3.43. The number of thiophene rings is 1. The number of nitrogens with one attached hydrogen (secondary N) is 3. The average Bonchev–Trinajstić information content (AvgIpc) is 3.03. The molecule has 0 bridgehead atoms. The van der Waals surface area contributed by atoms with Crippen LogP contribution in [0.3, 0.4) is 0 Å². The monoisotopic (exact) mass is 472 g/mol. The second-order valence-corrected chi connectivity index (χ2v) is 6.64. The molecule has 136 valence electrons. The third-order valence-corrected chi connectivity index (χ3v) is 4.66. The number of hydrogen-bond acceptors (Lipinski definition) is 3. The Labute approximate surface area is 170 Å². The van der Waals surface area contributed by atoms with Crippen LogP contribution in [-0.4, -0.2) is 18.9 Å². The smallest absolute Gasteiger partial charge is 0.221 e. The van der Waals surface area contributed by atoms with Crippen molar-refractivity contribution in [2.45, 2.75) is 33.4 Å². The third kappa shape index (κ3) is 7.43. The van der Waals surface area contributed by atoms with Crippen molar-refractivity contribution >= 4 is 52.9 Å². The van der Waals surface area contributed by atoms with Crippen molar-refractivity contribution in [3.05, 3.63) is 51.7 Å². The number of benzene rings is 1. The topological polar surface area (TPSA) is 65.5 Å². The van der Waals surface area contributed by atoms with Crippen molar-refractivity contribution in [1.82, 2.24) is 10.6 Å². The number of hydrogen-bond donors (Lipinski definition) is 3. The zero-order valence-corrected chi connectivity index (χ0v) is 17.9. The maximum atomic E-state index is 11.1. The molecule has 1 aromatic heterocycles. The van der Waals surface area contributed by atoms with Gasteiger partial charge in [0.1, 0.15) is 0 Å². The average molecular weight is 472 g/mol. The Morgan fingerprint density at radius 1 is 1.12 bits per heavy atom. The van der Waals surface area contributed by atoms with E-state index in [4.69, 9.17) is 0 Å². The number of guanidine groups is 1. The van der Waals surface area contributed by atoms with E-state index in [0.29, 0.717) is 6.54 Å². The molecular weight excluding hydrogens is 447 g/mol. The van der Waals surface area contributed by atoms with Crippen LogP contribution in [0.15, 0.2) is 41.4 Å². The number of carbonyl (C=O) groups excluding carboxylic acids is 1. The predicted octanol–water partition coefficient (Wildman–Crippen LogP) is 3.75. The second kappa shape index (κ2) is 11.1. The molecule has 1 aromatic carbocycles. The zero-order valence-electron chi connectivity index (χ0n) is 14.8. The van der Waals surface area contributed by atoms with E-state index >= 15 is 0 Å². The Bertz CT molecular complexity index is 715. The van der Waals surface area contributed by atoms with E-state index in [-0.39, 0.29) is 29.9 Å². The van der Waals surface area contributed by atoms with Crippen molar-refractivity contribution in [3.8, 4) is 0 Å². The quantitative estimate of drug-likeness (QED) is 0.341. The summed E-state index contributed by atoms with van der Waals surface area (Å²) in [7, 11) is 1.76. The van der Waals surface area contributed by atoms with Crippen molar-refractivity contribution in [3.63, 3.8) is 0 Å². The number of halogens is 1. The lowest BCUT2D eigenvalue weighted by atomic mass is 10.2. The first-order valence-electron chi connectivity index (χ1n) is 7.99. The number of amides is 1. The van der Waals surface area contributed by atoms with Gasteiger partial charge in [0.2, 0.25) is 5.91 Å². The lowest BCUT2D eigenvalue weighted by Crippen LogP contribution is -2.36. The number of aryl methyl sites for hydroxylation is 1. The first-order valence-corrected chi connectivity index (χ1v) is 8.81. The molecule has 2 aromatic rings. The molecule has 2 rings (SSSR count). The molecule has 0 atom stereocenters. The van der Waals surface area contributed by atoms with Crippen LogP contribution in [0.2, 0.25) is 0 Å². The van der Waals surface area contributed by atoms with E-state index < -0.39 is 0 Å². The van der Waals surface area contributed by atoms with E-state index in [2.05, 4.69) is 40.0 Å². The number of carbonyl (C=O) groups is 1. The number of rotatable bonds is 6. The summed E-state index contributed by atoms with van der Waals surface area (Å²) >= 11 is 1.82. The van der Waals surface area contributed by atoms with Crippen LogP contribution in [-0.2, 0) is 24.3 Å². The van der Waals surface area contributed by atoms with Crippen molar-refractivity contribution in [2.75, 3.05) is 12.4 Å². The molecule has 0 saturated heterocycles. The van der Waals surface area contributed by atoms with Gasteiger partial charge in [0.15, 0.2) is 5.96 Å². The first kappa shape index (κ1) is 21.4. The molecule has 0 saturated carbocycles. The fourth-order valence-electron chi connectivity index (χ4n) is 2.25. The summed E-state index contributed by atoms with van der Waals surface area (Å²) in [5, 5.41) is 9.40. The Kier molecular flexibility index (Phi) is 9.51. The number of anilines is 1. The zero-order chi connectivity index (χ0) is 17.4. The second-order valence-electron chi connectivity index (χ2n) is 5.38. The summed E-state index contributed by atoms with van der Waals surface area (Å²) < 4.78 is 0. The highest BCUT2D eigenvalue weighted by molar-refractivity contribution is 14.0. The van der Waals surface area contributed by atoms with E-state index in [9.17, 15) is 4.79 Å². The predicted molar refractivity (Wildman–Crippen MR) is 117 cm³/mol. The van der Waals surface area contributed by atoms with Gasteiger partial charge in [-0.2, -0.15) is 0 Å². The Balaban J connectivity index is 0.00000312. The normalized spacial score (nSPS) is 10.8. The minimum atomic E-state index is -0.0695. The molecule has 0 fully saturated rings. The molecule has 7 heteroatoms. The summed E-state index contributed by atoms with van der Waals surface area (Å²) in [5.41, 5.74) is 1.88. The van der Waals surface area contributed by atoms with Gasteiger partial charge in [0, 0.05) is 36.0 Å². The highest BCUT2D eigenvalue weighted by Crippen LogP contribution is 2.16. The highest BCUT2D eigenvalue weighted by atomic mass is 127. The van der Waals surface area contributed by atoms with Crippen LogP contribution in [0.25, 0.3) is 0 Å². The first-order chi connectivity index (χ1) is 11.6. The summed E-state index contributed by atoms with van der Waals surface area (Å²) in [6, 6.07) is 12.1. The van der Waals surface area contributed by atoms with Crippen LogP contribution in [0.4, 0.5) is 5.69 Å². The van der Waals surface area contributed by atoms with Crippen LogP contribution >= 0.6 is 35.3 Å². The lowest BCUT2D eigenvalue weighted by Gasteiger charge is -2.12. The summed E-state index contributed by atoms with van der Waals surface area (Å²) in [6.45, 7) is 5.07. The standard InChI is InChI=1S/C18H24N4OS.HI/c1-4-16-8-9-17(24-16)12-21-18(19-3)20-11-14-6-5-7-15(10-14)22-13(2)23;/h5-10H,4,11-12H2,1-3H3,(H,22,23)(H2,19,20,21);1H. The fraction of sp³-hybridized carbons (Fsp3) is 0.333. The fourth-order valence-corrected chi connectivity index (χ4v) is 3.14. The van der Waals surface area contributed by atoms with Gasteiger partial charge < -0.3 is 16.0 Å². The van der Waals surface area contributed by atoms with Gasteiger partial charge in [0.05, 0.1) is 6.54 Å². The summed E-state index contributed by atoms with van der Waals surface area (Å²) in [5.74, 6) is 0.686. The van der Waals surface area contributed by atoms with E-state index in [1.807, 2.05) is 35.6 Å². The van der Waals surface area contributed by atoms with Gasteiger partial charge in [-0.3, -0.25) is 9.79 Å². The van der Waals surface area contributed by atoms with Crippen LogP contribution in [0.1, 0.15) is 29.2 Å². The molecule has 0 radical (unpaired) electrons. The van der Waals surface area contributed by atoms with E-state index in [0.717, 1.165) is 30.2 Å². The molecule has 5 nitrogen and oxygen atoms in total. The molecule has 0 aliphatic rings. The Hall–Kier alpha value is -1.61. The Morgan fingerprint density at radius 3 is 2.48 bits per heavy atom. The van der Waals surface area contributed by atoms with Crippen LogP contribution < -0.4 is 16.0 Å². The highest BCUT2D eigenvalue weighted by Gasteiger charge is 2.03. The summed E-state index contributed by atoms with van der Waals surface area (Å²) in [4.78, 5) is 18.1. The van der Waals surface area contributed by atoms with Gasteiger partial charge in [0.25, 0.3) is 0 Å². The molecule has 1 amide bonds.